The van der Waals surface area contributed by atoms with Crippen molar-refractivity contribution in [1.82, 2.24) is 0 Å². The van der Waals surface area contributed by atoms with Gasteiger partial charge in [-0.1, -0.05) is 36.4 Å². The summed E-state index contributed by atoms with van der Waals surface area (Å²) in [5.74, 6) is -0.380. The van der Waals surface area contributed by atoms with Crippen LogP contribution in [0.2, 0.25) is 0 Å². The highest BCUT2D eigenvalue weighted by molar-refractivity contribution is 8.10. The van der Waals surface area contributed by atoms with Crippen LogP contribution >= 0.6 is 0 Å². The smallest absolute Gasteiger partial charge is 0.395 e. The molecule has 0 saturated heterocycles. The summed E-state index contributed by atoms with van der Waals surface area (Å²) < 4.78 is 88.6. The zero-order valence-electron chi connectivity index (χ0n) is 15.4. The summed E-state index contributed by atoms with van der Waals surface area (Å²) in [5.41, 5.74) is -5.85. The van der Waals surface area contributed by atoms with Crippen molar-refractivity contribution < 1.29 is 34.2 Å². The summed E-state index contributed by atoms with van der Waals surface area (Å²) in [6.45, 7) is 0. The predicted molar refractivity (Wildman–Crippen MR) is 109 cm³/mol. The Morgan fingerprint density at radius 3 is 1.52 bits per heavy atom. The minimum absolute atomic E-state index is 0.380. The lowest BCUT2D eigenvalue weighted by atomic mass is 10.3. The number of halogens is 3. The Hall–Kier alpha value is -2.54. The third kappa shape index (κ3) is 5.79. The second-order valence-electron chi connectivity index (χ2n) is 5.91. The first-order valence-electron chi connectivity index (χ1n) is 8.43. The number of sulfonamides is 1. The number of hydrogen-bond donors (Lipinski definition) is 0. The standard InChI is InChI=1S/C19H14F3NO5S3/c20-19(21,22)30(24,25)23-31(26,27)28-15-11-13-18(14-12-15)29(16-7-3-1-4-8-16)17-9-5-2-6-10-17/h1-14H. The molecule has 0 aromatic heterocycles. The molecule has 0 bridgehead atoms. The summed E-state index contributed by atoms with van der Waals surface area (Å²) in [4.78, 5) is 2.75. The molecule has 0 amide bonds. The van der Waals surface area contributed by atoms with Gasteiger partial charge in [-0.05, 0) is 48.5 Å². The number of hydrogen-bond acceptors (Lipinski definition) is 5. The third-order valence-corrected chi connectivity index (χ3v) is 8.43. The summed E-state index contributed by atoms with van der Waals surface area (Å²) in [6.07, 6.45) is 0. The van der Waals surface area contributed by atoms with Crippen LogP contribution in [-0.4, -0.2) is 22.3 Å². The Labute approximate surface area is 180 Å². The van der Waals surface area contributed by atoms with E-state index in [1.165, 1.54) is 12.1 Å². The molecule has 0 spiro atoms. The van der Waals surface area contributed by atoms with Crippen molar-refractivity contribution in [3.8, 4) is 5.75 Å². The second kappa shape index (κ2) is 8.91. The molecule has 0 radical (unpaired) electrons. The highest BCUT2D eigenvalue weighted by Gasteiger charge is 2.41. The molecular weight excluding hydrogens is 475 g/mol. The quantitative estimate of drug-likeness (QED) is 0.452. The fourth-order valence-corrected chi connectivity index (χ4v) is 6.31. The lowest BCUT2D eigenvalue weighted by Crippen LogP contribution is -2.25. The van der Waals surface area contributed by atoms with Gasteiger partial charge in [0.1, 0.15) is 5.75 Å². The molecule has 0 N–H and O–H groups in total. The summed E-state index contributed by atoms with van der Waals surface area (Å²) in [7, 11) is -12.2. The van der Waals surface area contributed by atoms with Gasteiger partial charge >= 0.3 is 5.51 Å². The van der Waals surface area contributed by atoms with Gasteiger partial charge < -0.3 is 8.31 Å². The predicted octanol–water partition coefficient (Wildman–Crippen LogP) is 4.63. The van der Waals surface area contributed by atoms with E-state index in [9.17, 15) is 30.0 Å². The summed E-state index contributed by atoms with van der Waals surface area (Å²) in [5, 5.41) is 0. The Morgan fingerprint density at radius 2 is 1.10 bits per heavy atom. The molecule has 0 aliphatic rings. The molecule has 0 atom stereocenters. The van der Waals surface area contributed by atoms with Crippen LogP contribution in [0.4, 0.5) is 13.2 Å². The van der Waals surface area contributed by atoms with E-state index < -0.39 is 36.7 Å². The SMILES string of the molecule is O=S(=O)([N-]S(=O)(=O)C(F)(F)F)Oc1ccc([S+](c2ccccc2)c2ccccc2)cc1. The zero-order valence-corrected chi connectivity index (χ0v) is 17.9. The van der Waals surface area contributed by atoms with Gasteiger partial charge in [-0.25, -0.2) is 16.8 Å². The minimum atomic E-state index is -6.26. The van der Waals surface area contributed by atoms with Gasteiger partial charge in [0.15, 0.2) is 24.7 Å². The first kappa shape index (κ1) is 23.1. The van der Waals surface area contributed by atoms with Crippen molar-refractivity contribution in [3.63, 3.8) is 0 Å². The molecular formula is C19H14F3NO5S3. The van der Waals surface area contributed by atoms with E-state index >= 15 is 0 Å². The van der Waals surface area contributed by atoms with Crippen molar-refractivity contribution >= 4 is 31.2 Å². The lowest BCUT2D eigenvalue weighted by Gasteiger charge is -2.21. The molecule has 12 heteroatoms. The third-order valence-electron chi connectivity index (χ3n) is 3.70. The highest BCUT2D eigenvalue weighted by Crippen LogP contribution is 2.33. The maximum absolute atomic E-state index is 12.4. The molecule has 31 heavy (non-hydrogen) atoms. The topological polar surface area (TPSA) is 91.6 Å². The highest BCUT2D eigenvalue weighted by atomic mass is 32.3. The van der Waals surface area contributed by atoms with E-state index in [4.69, 9.17) is 0 Å². The Balaban J connectivity index is 1.87. The van der Waals surface area contributed by atoms with Gasteiger partial charge in [-0.15, -0.1) is 0 Å². The van der Waals surface area contributed by atoms with E-state index in [2.05, 4.69) is 4.18 Å². The van der Waals surface area contributed by atoms with E-state index in [0.29, 0.717) is 0 Å². The summed E-state index contributed by atoms with van der Waals surface area (Å²) >= 11 is 0. The minimum Gasteiger partial charge on any atom is -0.395 e. The van der Waals surface area contributed by atoms with Crippen LogP contribution in [-0.2, 0) is 31.2 Å². The molecule has 0 aliphatic heterocycles. The monoisotopic (exact) mass is 489 g/mol. The number of rotatable bonds is 7. The van der Waals surface area contributed by atoms with Crippen LogP contribution in [0, 0.1) is 0 Å². The molecule has 0 aliphatic carbocycles. The average molecular weight is 490 g/mol. The molecule has 0 saturated carbocycles. The molecule has 3 aromatic carbocycles. The molecule has 3 rings (SSSR count). The van der Waals surface area contributed by atoms with Gasteiger partial charge in [-0.2, -0.15) is 13.2 Å². The Bertz CT molecular complexity index is 1190. The van der Waals surface area contributed by atoms with Crippen molar-refractivity contribution in [2.24, 2.45) is 0 Å². The van der Waals surface area contributed by atoms with E-state index in [1.807, 2.05) is 64.8 Å². The van der Waals surface area contributed by atoms with Crippen LogP contribution < -0.4 is 4.18 Å². The van der Waals surface area contributed by atoms with Crippen LogP contribution in [0.25, 0.3) is 4.13 Å². The van der Waals surface area contributed by atoms with Gasteiger partial charge in [-0.3, -0.25) is 0 Å². The average Bonchev–Trinajstić information content (AvgIpc) is 2.69. The van der Waals surface area contributed by atoms with Crippen molar-refractivity contribution in [3.05, 3.63) is 89.1 Å². The fourth-order valence-electron chi connectivity index (χ4n) is 2.45. The van der Waals surface area contributed by atoms with Crippen molar-refractivity contribution in [1.29, 1.82) is 0 Å². The van der Waals surface area contributed by atoms with Crippen molar-refractivity contribution in [2.75, 3.05) is 0 Å². The van der Waals surface area contributed by atoms with Crippen LogP contribution in [0.1, 0.15) is 0 Å². The molecule has 6 nitrogen and oxygen atoms in total. The van der Waals surface area contributed by atoms with Crippen LogP contribution in [0.3, 0.4) is 0 Å². The van der Waals surface area contributed by atoms with Crippen LogP contribution in [0.5, 0.6) is 5.75 Å². The number of nitrogens with zero attached hydrogens (tertiary/aromatic N) is 1. The zero-order chi connectivity index (χ0) is 22.7. The van der Waals surface area contributed by atoms with Gasteiger partial charge in [0.2, 0.25) is 10.3 Å². The van der Waals surface area contributed by atoms with E-state index in [-0.39, 0.29) is 5.75 Å². The van der Waals surface area contributed by atoms with E-state index in [0.717, 1.165) is 14.7 Å². The number of benzene rings is 3. The molecule has 0 heterocycles. The normalized spacial score (nSPS) is 12.6. The number of alkyl halides is 3. The fraction of sp³-hybridized carbons (Fsp3) is 0.0526. The van der Waals surface area contributed by atoms with Gasteiger partial charge in [0.25, 0.3) is 0 Å². The molecule has 164 valence electrons. The van der Waals surface area contributed by atoms with E-state index in [1.54, 1.807) is 12.1 Å². The van der Waals surface area contributed by atoms with Gasteiger partial charge in [0, 0.05) is 0 Å². The molecule has 0 fully saturated rings. The Kier molecular flexibility index (Phi) is 6.65. The first-order valence-corrected chi connectivity index (χ1v) is 12.5. The van der Waals surface area contributed by atoms with Crippen LogP contribution in [0.15, 0.2) is 99.6 Å². The second-order valence-corrected chi connectivity index (χ2v) is 11.0. The largest absolute Gasteiger partial charge is 0.480 e. The maximum atomic E-state index is 12.4. The lowest BCUT2D eigenvalue weighted by molar-refractivity contribution is -0.0425. The first-order chi connectivity index (χ1) is 14.5. The molecule has 0 unspecified atom stereocenters. The molecule has 3 aromatic rings. The Morgan fingerprint density at radius 1 is 0.677 bits per heavy atom. The van der Waals surface area contributed by atoms with Gasteiger partial charge in [0.05, 0.1) is 10.9 Å². The maximum Gasteiger partial charge on any atom is 0.480 e. The summed E-state index contributed by atoms with van der Waals surface area (Å²) in [6, 6.07) is 24.5. The van der Waals surface area contributed by atoms with Crippen molar-refractivity contribution in [2.45, 2.75) is 20.2 Å².